The van der Waals surface area contributed by atoms with E-state index in [9.17, 15) is 0 Å². The third-order valence-electron chi connectivity index (χ3n) is 2.38. The molecular formula is C12H8SSi. The standard InChI is InChI=1S/C12H8SSi/c1-3-7-11-9(5-1)10-6-2-4-8-12(10)14-13-11/h1-8H. The minimum atomic E-state index is 0.856. The summed E-state index contributed by atoms with van der Waals surface area (Å²) >= 11 is 1.96. The second-order valence-electron chi connectivity index (χ2n) is 3.25. The third kappa shape index (κ3) is 1.22. The SMILES string of the molecule is c1ccc2c(c1)[Si]Sc1ccccc1-2. The summed E-state index contributed by atoms with van der Waals surface area (Å²) in [6.07, 6.45) is 0. The van der Waals surface area contributed by atoms with E-state index in [1.165, 1.54) is 21.2 Å². The molecule has 0 unspecified atom stereocenters. The van der Waals surface area contributed by atoms with E-state index in [4.69, 9.17) is 0 Å². The summed E-state index contributed by atoms with van der Waals surface area (Å²) in [6.45, 7) is 0. The zero-order valence-corrected chi connectivity index (χ0v) is 9.34. The molecule has 0 aromatic heterocycles. The topological polar surface area (TPSA) is 0 Å². The summed E-state index contributed by atoms with van der Waals surface area (Å²) in [6, 6.07) is 17.4. The van der Waals surface area contributed by atoms with Crippen molar-refractivity contribution in [2.75, 3.05) is 0 Å². The van der Waals surface area contributed by atoms with Crippen molar-refractivity contribution in [3.8, 4) is 11.1 Å². The molecule has 2 radical (unpaired) electrons. The highest BCUT2D eigenvalue weighted by Gasteiger charge is 2.15. The van der Waals surface area contributed by atoms with Crippen molar-refractivity contribution in [3.63, 3.8) is 0 Å². The van der Waals surface area contributed by atoms with Gasteiger partial charge in [-0.15, -0.1) is 11.2 Å². The molecule has 66 valence electrons. The maximum Gasteiger partial charge on any atom is 0.169 e. The first-order valence-corrected chi connectivity index (χ1v) is 7.10. The van der Waals surface area contributed by atoms with Gasteiger partial charge in [0.15, 0.2) is 8.67 Å². The summed E-state index contributed by atoms with van der Waals surface area (Å²) in [5.41, 5.74) is 2.81. The largest absolute Gasteiger partial charge is 0.169 e. The van der Waals surface area contributed by atoms with Crippen LogP contribution in [0.1, 0.15) is 0 Å². The summed E-state index contributed by atoms with van der Waals surface area (Å²) in [4.78, 5) is 1.42. The lowest BCUT2D eigenvalue weighted by Crippen LogP contribution is -2.17. The zero-order valence-electron chi connectivity index (χ0n) is 7.53. The number of rotatable bonds is 0. The molecule has 2 aromatic rings. The Balaban J connectivity index is 2.29. The molecule has 2 aromatic carbocycles. The van der Waals surface area contributed by atoms with Gasteiger partial charge in [0.1, 0.15) is 0 Å². The van der Waals surface area contributed by atoms with E-state index in [0.717, 1.165) is 8.67 Å². The highest BCUT2D eigenvalue weighted by molar-refractivity contribution is 8.23. The molecule has 0 bridgehead atoms. The Hall–Kier alpha value is -0.993. The molecule has 0 spiro atoms. The minimum absolute atomic E-state index is 0.856. The van der Waals surface area contributed by atoms with E-state index in [0.29, 0.717) is 0 Å². The average Bonchev–Trinajstić information content (AvgIpc) is 2.29. The lowest BCUT2D eigenvalue weighted by atomic mass is 10.1. The van der Waals surface area contributed by atoms with Gasteiger partial charge in [0, 0.05) is 4.90 Å². The average molecular weight is 212 g/mol. The van der Waals surface area contributed by atoms with Gasteiger partial charge in [-0.05, 0) is 22.4 Å². The van der Waals surface area contributed by atoms with Crippen molar-refractivity contribution in [1.29, 1.82) is 0 Å². The number of hydrogen-bond donors (Lipinski definition) is 0. The van der Waals surface area contributed by atoms with Crippen molar-refractivity contribution in [3.05, 3.63) is 48.5 Å². The summed E-state index contributed by atoms with van der Waals surface area (Å²) in [5.74, 6) is 0. The van der Waals surface area contributed by atoms with Crippen LogP contribution < -0.4 is 5.19 Å². The van der Waals surface area contributed by atoms with Gasteiger partial charge >= 0.3 is 0 Å². The molecule has 3 rings (SSSR count). The van der Waals surface area contributed by atoms with Gasteiger partial charge in [-0.3, -0.25) is 0 Å². The fourth-order valence-corrected chi connectivity index (χ4v) is 4.57. The smallest absolute Gasteiger partial charge is 0.149 e. The highest BCUT2D eigenvalue weighted by atomic mass is 32.4. The summed E-state index contributed by atoms with van der Waals surface area (Å²) in [7, 11) is 0.856. The predicted octanol–water partition coefficient (Wildman–Crippen LogP) is 2.70. The molecule has 0 fully saturated rings. The molecule has 2 heteroatoms. The van der Waals surface area contributed by atoms with Gasteiger partial charge in [-0.25, -0.2) is 0 Å². The molecule has 0 N–H and O–H groups in total. The van der Waals surface area contributed by atoms with Crippen LogP contribution in [0.3, 0.4) is 0 Å². The van der Waals surface area contributed by atoms with Crippen molar-refractivity contribution >= 4 is 25.1 Å². The Labute approximate surface area is 89.8 Å². The summed E-state index contributed by atoms with van der Waals surface area (Å²) < 4.78 is 0. The van der Waals surface area contributed by atoms with Gasteiger partial charge < -0.3 is 0 Å². The van der Waals surface area contributed by atoms with E-state index >= 15 is 0 Å². The van der Waals surface area contributed by atoms with Crippen LogP contribution in [-0.2, 0) is 0 Å². The van der Waals surface area contributed by atoms with Crippen LogP contribution in [0.25, 0.3) is 11.1 Å². The van der Waals surface area contributed by atoms with Crippen LogP contribution in [-0.4, -0.2) is 8.67 Å². The van der Waals surface area contributed by atoms with Gasteiger partial charge in [0.25, 0.3) is 0 Å². The molecular weight excluding hydrogens is 204 g/mol. The Bertz CT molecular complexity index is 434. The second kappa shape index (κ2) is 3.30. The Morgan fingerprint density at radius 2 is 1.50 bits per heavy atom. The van der Waals surface area contributed by atoms with Crippen LogP contribution in [0.4, 0.5) is 0 Å². The fraction of sp³-hybridized carbons (Fsp3) is 0. The number of hydrogen-bond acceptors (Lipinski definition) is 1. The van der Waals surface area contributed by atoms with Crippen LogP contribution in [0.2, 0.25) is 0 Å². The number of fused-ring (bicyclic) bond motifs is 3. The molecule has 0 nitrogen and oxygen atoms in total. The van der Waals surface area contributed by atoms with Gasteiger partial charge in [-0.1, -0.05) is 42.5 Å². The molecule has 0 aliphatic carbocycles. The molecule has 0 saturated heterocycles. The van der Waals surface area contributed by atoms with E-state index < -0.39 is 0 Å². The Morgan fingerprint density at radius 1 is 0.786 bits per heavy atom. The number of benzene rings is 2. The quantitative estimate of drug-likeness (QED) is 0.605. The minimum Gasteiger partial charge on any atom is -0.149 e. The molecule has 1 aliphatic rings. The predicted molar refractivity (Wildman–Crippen MR) is 63.1 cm³/mol. The van der Waals surface area contributed by atoms with E-state index in [1.807, 2.05) is 11.2 Å². The lowest BCUT2D eigenvalue weighted by molar-refractivity contribution is 1.46. The molecule has 0 atom stereocenters. The van der Waals surface area contributed by atoms with Gasteiger partial charge in [-0.2, -0.15) is 0 Å². The maximum absolute atomic E-state index is 2.23. The Kier molecular flexibility index (Phi) is 1.96. The monoisotopic (exact) mass is 212 g/mol. The second-order valence-corrected chi connectivity index (χ2v) is 5.86. The Morgan fingerprint density at radius 3 is 2.43 bits per heavy atom. The van der Waals surface area contributed by atoms with Crippen molar-refractivity contribution in [2.45, 2.75) is 4.90 Å². The van der Waals surface area contributed by atoms with Gasteiger partial charge in [0.2, 0.25) is 0 Å². The highest BCUT2D eigenvalue weighted by Crippen LogP contribution is 2.33. The van der Waals surface area contributed by atoms with E-state index in [-0.39, 0.29) is 0 Å². The fourth-order valence-electron chi connectivity index (χ4n) is 1.70. The molecule has 14 heavy (non-hydrogen) atoms. The third-order valence-corrected chi connectivity index (χ3v) is 5.33. The normalized spacial score (nSPS) is 13.1. The summed E-state index contributed by atoms with van der Waals surface area (Å²) in [5, 5.41) is 1.48. The van der Waals surface area contributed by atoms with E-state index in [1.54, 1.807) is 0 Å². The van der Waals surface area contributed by atoms with Crippen molar-refractivity contribution < 1.29 is 0 Å². The van der Waals surface area contributed by atoms with Crippen molar-refractivity contribution in [2.24, 2.45) is 0 Å². The maximum atomic E-state index is 2.23. The molecule has 0 amide bonds. The van der Waals surface area contributed by atoms with Crippen LogP contribution in [0.15, 0.2) is 53.4 Å². The van der Waals surface area contributed by atoms with Crippen LogP contribution in [0.5, 0.6) is 0 Å². The van der Waals surface area contributed by atoms with Crippen LogP contribution in [0, 0.1) is 0 Å². The molecule has 1 aliphatic heterocycles. The zero-order chi connectivity index (χ0) is 9.38. The lowest BCUT2D eigenvalue weighted by Gasteiger charge is -2.17. The van der Waals surface area contributed by atoms with Crippen molar-refractivity contribution in [1.82, 2.24) is 0 Å². The molecule has 1 heterocycles. The molecule has 0 saturated carbocycles. The van der Waals surface area contributed by atoms with E-state index in [2.05, 4.69) is 48.5 Å². The first-order valence-electron chi connectivity index (χ1n) is 4.56. The first-order chi connectivity index (χ1) is 6.95. The first kappa shape index (κ1) is 8.33. The van der Waals surface area contributed by atoms with Gasteiger partial charge in [0.05, 0.1) is 0 Å². The van der Waals surface area contributed by atoms with Crippen LogP contribution >= 0.6 is 11.2 Å².